The summed E-state index contributed by atoms with van der Waals surface area (Å²) in [5.41, 5.74) is 1.85. The van der Waals surface area contributed by atoms with Crippen LogP contribution in [0.15, 0.2) is 52.9 Å². The molecule has 3 aromatic rings. The summed E-state index contributed by atoms with van der Waals surface area (Å²) in [5, 5.41) is 0. The molecule has 9 heteroatoms. The Bertz CT molecular complexity index is 1260. The van der Waals surface area contributed by atoms with Crippen LogP contribution in [0.1, 0.15) is 57.4 Å². The number of carbonyl (C=O) groups excluding carboxylic acids is 2. The molecule has 0 bridgehead atoms. The zero-order valence-corrected chi connectivity index (χ0v) is 22.2. The normalized spacial score (nSPS) is 17.9. The minimum atomic E-state index is -0.615. The number of piperazine rings is 1. The second kappa shape index (κ2) is 10.9. The predicted molar refractivity (Wildman–Crippen MR) is 141 cm³/mol. The van der Waals surface area contributed by atoms with Gasteiger partial charge in [-0.3, -0.25) is 0 Å². The summed E-state index contributed by atoms with van der Waals surface area (Å²) in [4.78, 5) is 33.7. The van der Waals surface area contributed by atoms with Gasteiger partial charge in [0.25, 0.3) is 0 Å². The number of oxazole rings is 1. The molecular formula is C29H35N3O6. The van der Waals surface area contributed by atoms with Gasteiger partial charge in [-0.2, -0.15) is 0 Å². The van der Waals surface area contributed by atoms with Crippen LogP contribution in [-0.2, 0) is 16.1 Å². The Morgan fingerprint density at radius 2 is 1.84 bits per heavy atom. The van der Waals surface area contributed by atoms with E-state index in [2.05, 4.69) is 4.98 Å². The zero-order valence-electron chi connectivity index (χ0n) is 22.2. The summed E-state index contributed by atoms with van der Waals surface area (Å²) in [5.74, 6) is 1.93. The second-order valence-corrected chi connectivity index (χ2v) is 10.9. The van der Waals surface area contributed by atoms with E-state index >= 15 is 0 Å². The molecule has 2 aliphatic rings. The maximum Gasteiger partial charge on any atom is 0.410 e. The second-order valence-electron chi connectivity index (χ2n) is 10.9. The van der Waals surface area contributed by atoms with Crippen molar-refractivity contribution in [3.8, 4) is 5.75 Å². The van der Waals surface area contributed by atoms with Gasteiger partial charge < -0.3 is 28.4 Å². The molecule has 1 saturated carbocycles. The third-order valence-electron chi connectivity index (χ3n) is 6.60. The molecule has 38 heavy (non-hydrogen) atoms. The quantitative estimate of drug-likeness (QED) is 0.392. The standard InChI is InChI=1S/C29H35N3O6/c1-29(2,3)38-28(34)32-15-14-31(27(33)36-19-20-7-5-4-6-8-20)18-22(32)13-16-35-23-11-12-25-24(17-23)30-26(37-25)21-9-10-21/h4-8,11-12,17,21-22H,9-10,13-16,18-19H2,1-3H3/t22-/m1/s1. The fourth-order valence-electron chi connectivity index (χ4n) is 4.47. The minimum absolute atomic E-state index is 0.201. The maximum atomic E-state index is 13.0. The van der Waals surface area contributed by atoms with E-state index in [1.54, 1.807) is 9.80 Å². The Hall–Kier alpha value is -3.75. The summed E-state index contributed by atoms with van der Waals surface area (Å²) < 4.78 is 23.0. The number of ether oxygens (including phenoxy) is 3. The lowest BCUT2D eigenvalue weighted by Crippen LogP contribution is -2.57. The van der Waals surface area contributed by atoms with Gasteiger partial charge in [-0.05, 0) is 51.3 Å². The van der Waals surface area contributed by atoms with Crippen LogP contribution in [0.25, 0.3) is 11.1 Å². The molecule has 1 saturated heterocycles. The molecule has 1 aromatic heterocycles. The van der Waals surface area contributed by atoms with Crippen molar-refractivity contribution in [2.75, 3.05) is 26.2 Å². The monoisotopic (exact) mass is 521 g/mol. The Kier molecular flexibility index (Phi) is 7.44. The Labute approximate surface area is 222 Å². The Morgan fingerprint density at radius 1 is 1.05 bits per heavy atom. The summed E-state index contributed by atoms with van der Waals surface area (Å²) in [6.45, 7) is 7.15. The van der Waals surface area contributed by atoms with E-state index in [0.717, 1.165) is 35.4 Å². The lowest BCUT2D eigenvalue weighted by atomic mass is 10.1. The third-order valence-corrected chi connectivity index (χ3v) is 6.60. The fraction of sp³-hybridized carbons (Fsp3) is 0.483. The van der Waals surface area contributed by atoms with E-state index in [0.29, 0.717) is 44.3 Å². The molecule has 9 nitrogen and oxygen atoms in total. The van der Waals surface area contributed by atoms with E-state index in [4.69, 9.17) is 18.6 Å². The van der Waals surface area contributed by atoms with Gasteiger partial charge in [0.2, 0.25) is 0 Å². The first-order valence-electron chi connectivity index (χ1n) is 13.2. The number of carbonyl (C=O) groups is 2. The van der Waals surface area contributed by atoms with Gasteiger partial charge in [0.05, 0.1) is 12.6 Å². The minimum Gasteiger partial charge on any atom is -0.493 e. The molecule has 1 aliphatic heterocycles. The molecule has 2 amide bonds. The van der Waals surface area contributed by atoms with E-state index in [-0.39, 0.29) is 12.6 Å². The molecule has 2 heterocycles. The van der Waals surface area contributed by atoms with Crippen molar-refractivity contribution in [3.05, 3.63) is 60.0 Å². The maximum absolute atomic E-state index is 13.0. The van der Waals surface area contributed by atoms with Crippen molar-refractivity contribution in [3.63, 3.8) is 0 Å². The predicted octanol–water partition coefficient (Wildman–Crippen LogP) is 5.73. The fourth-order valence-corrected chi connectivity index (χ4v) is 4.47. The van der Waals surface area contributed by atoms with Crippen LogP contribution in [-0.4, -0.2) is 64.9 Å². The lowest BCUT2D eigenvalue weighted by molar-refractivity contribution is -0.00614. The highest BCUT2D eigenvalue weighted by Gasteiger charge is 2.35. The first-order valence-corrected chi connectivity index (χ1v) is 13.2. The molecule has 202 valence electrons. The van der Waals surface area contributed by atoms with Gasteiger partial charge in [-0.1, -0.05) is 30.3 Å². The van der Waals surface area contributed by atoms with E-state index in [9.17, 15) is 9.59 Å². The third kappa shape index (κ3) is 6.57. The van der Waals surface area contributed by atoms with E-state index in [1.807, 2.05) is 69.3 Å². The van der Waals surface area contributed by atoms with Gasteiger partial charge in [-0.15, -0.1) is 0 Å². The molecule has 1 atom stereocenters. The number of benzene rings is 2. The average molecular weight is 522 g/mol. The smallest absolute Gasteiger partial charge is 0.410 e. The summed E-state index contributed by atoms with van der Waals surface area (Å²) >= 11 is 0. The Balaban J connectivity index is 1.21. The summed E-state index contributed by atoms with van der Waals surface area (Å²) in [6, 6.07) is 14.9. The van der Waals surface area contributed by atoms with Gasteiger partial charge >= 0.3 is 12.2 Å². The van der Waals surface area contributed by atoms with Crippen molar-refractivity contribution in [1.29, 1.82) is 0 Å². The largest absolute Gasteiger partial charge is 0.493 e. The average Bonchev–Trinajstić information content (AvgIpc) is 3.66. The van der Waals surface area contributed by atoms with Crippen LogP contribution in [0.2, 0.25) is 0 Å². The first-order chi connectivity index (χ1) is 18.2. The number of amides is 2. The highest BCUT2D eigenvalue weighted by atomic mass is 16.6. The summed E-state index contributed by atoms with van der Waals surface area (Å²) in [7, 11) is 0. The van der Waals surface area contributed by atoms with Gasteiger partial charge in [0.15, 0.2) is 11.5 Å². The number of hydrogen-bond acceptors (Lipinski definition) is 7. The highest BCUT2D eigenvalue weighted by molar-refractivity contribution is 5.74. The topological polar surface area (TPSA) is 94.3 Å². The number of nitrogens with zero attached hydrogens (tertiary/aromatic N) is 3. The van der Waals surface area contributed by atoms with E-state index in [1.165, 1.54) is 0 Å². The summed E-state index contributed by atoms with van der Waals surface area (Å²) in [6.07, 6.45) is 1.99. The molecule has 0 spiro atoms. The first kappa shape index (κ1) is 25.9. The molecule has 0 N–H and O–H groups in total. The van der Waals surface area contributed by atoms with Gasteiger partial charge in [0.1, 0.15) is 23.5 Å². The van der Waals surface area contributed by atoms with Crippen LogP contribution in [0.5, 0.6) is 5.75 Å². The zero-order chi connectivity index (χ0) is 26.7. The van der Waals surface area contributed by atoms with Crippen LogP contribution in [0.3, 0.4) is 0 Å². The molecule has 5 rings (SSSR count). The van der Waals surface area contributed by atoms with Gasteiger partial charge in [-0.25, -0.2) is 14.6 Å². The number of fused-ring (bicyclic) bond motifs is 1. The lowest BCUT2D eigenvalue weighted by Gasteiger charge is -2.41. The van der Waals surface area contributed by atoms with Crippen molar-refractivity contribution in [1.82, 2.24) is 14.8 Å². The van der Waals surface area contributed by atoms with Crippen molar-refractivity contribution < 1.29 is 28.2 Å². The molecule has 0 radical (unpaired) electrons. The van der Waals surface area contributed by atoms with Crippen molar-refractivity contribution in [2.24, 2.45) is 0 Å². The van der Waals surface area contributed by atoms with Gasteiger partial charge in [0, 0.05) is 38.0 Å². The van der Waals surface area contributed by atoms with Crippen LogP contribution in [0, 0.1) is 0 Å². The molecule has 2 aromatic carbocycles. The van der Waals surface area contributed by atoms with Crippen LogP contribution >= 0.6 is 0 Å². The highest BCUT2D eigenvalue weighted by Crippen LogP contribution is 2.40. The number of hydrogen-bond donors (Lipinski definition) is 0. The molecule has 0 unspecified atom stereocenters. The van der Waals surface area contributed by atoms with E-state index < -0.39 is 17.8 Å². The van der Waals surface area contributed by atoms with Crippen molar-refractivity contribution in [2.45, 2.75) is 64.2 Å². The molecule has 2 fully saturated rings. The number of aromatic nitrogens is 1. The van der Waals surface area contributed by atoms with Crippen LogP contribution in [0.4, 0.5) is 9.59 Å². The molecular weight excluding hydrogens is 486 g/mol. The molecule has 1 aliphatic carbocycles. The Morgan fingerprint density at radius 3 is 2.58 bits per heavy atom. The number of rotatable bonds is 7. The SMILES string of the molecule is CC(C)(C)OC(=O)N1CCN(C(=O)OCc2ccccc2)C[C@H]1CCOc1ccc2oc(C3CC3)nc2c1. The van der Waals surface area contributed by atoms with Crippen LogP contribution < -0.4 is 4.74 Å². The van der Waals surface area contributed by atoms with Crippen molar-refractivity contribution >= 4 is 23.3 Å².